The van der Waals surface area contributed by atoms with Crippen LogP contribution in [-0.2, 0) is 11.2 Å². The predicted octanol–water partition coefficient (Wildman–Crippen LogP) is 5.42. The number of aryl methyl sites for hydroxylation is 1. The number of carbonyl (C=O) groups is 1. The predicted molar refractivity (Wildman–Crippen MR) is 134 cm³/mol. The molecule has 178 valence electrons. The molecule has 1 aliphatic heterocycles. The van der Waals surface area contributed by atoms with Crippen LogP contribution in [0.3, 0.4) is 0 Å². The molecular formula is C28H33N3O3. The molecule has 6 nitrogen and oxygen atoms in total. The quantitative estimate of drug-likeness (QED) is 0.398. The van der Waals surface area contributed by atoms with Gasteiger partial charge in [0.25, 0.3) is 0 Å². The highest BCUT2D eigenvalue weighted by Gasteiger charge is 2.28. The number of esters is 1. The van der Waals surface area contributed by atoms with E-state index in [4.69, 9.17) is 9.47 Å². The van der Waals surface area contributed by atoms with Crippen molar-refractivity contribution in [2.75, 3.05) is 31.2 Å². The summed E-state index contributed by atoms with van der Waals surface area (Å²) in [5, 5.41) is 0. The maximum absolute atomic E-state index is 11.8. The highest BCUT2D eigenvalue weighted by Crippen LogP contribution is 2.28. The fourth-order valence-electron chi connectivity index (χ4n) is 4.25. The molecule has 2 aromatic carbocycles. The minimum atomic E-state index is -0.292. The van der Waals surface area contributed by atoms with Gasteiger partial charge in [-0.3, -0.25) is 0 Å². The van der Waals surface area contributed by atoms with E-state index in [9.17, 15) is 4.79 Å². The van der Waals surface area contributed by atoms with E-state index in [2.05, 4.69) is 28.7 Å². The van der Waals surface area contributed by atoms with Crippen molar-refractivity contribution in [3.05, 3.63) is 72.1 Å². The molecule has 0 saturated carbocycles. The summed E-state index contributed by atoms with van der Waals surface area (Å²) in [6.45, 7) is 9.20. The highest BCUT2D eigenvalue weighted by molar-refractivity contribution is 5.90. The SMILES string of the molecule is CCOC(=O)c1ccc(-c2ccc(OCC(C)C3CCN(c4ncc(CC)cn4)C3)cc2)cc1. The lowest BCUT2D eigenvalue weighted by molar-refractivity contribution is 0.0526. The largest absolute Gasteiger partial charge is 0.493 e. The molecule has 2 atom stereocenters. The topological polar surface area (TPSA) is 64.6 Å². The Morgan fingerprint density at radius 1 is 1.03 bits per heavy atom. The second-order valence-electron chi connectivity index (χ2n) is 8.85. The number of hydrogen-bond donors (Lipinski definition) is 0. The molecule has 34 heavy (non-hydrogen) atoms. The van der Waals surface area contributed by atoms with E-state index in [0.717, 1.165) is 48.8 Å². The summed E-state index contributed by atoms with van der Waals surface area (Å²) in [4.78, 5) is 23.2. The molecule has 1 aliphatic rings. The molecule has 3 aromatic rings. The van der Waals surface area contributed by atoms with Crippen LogP contribution in [0.1, 0.15) is 43.1 Å². The third-order valence-corrected chi connectivity index (χ3v) is 6.51. The van der Waals surface area contributed by atoms with Gasteiger partial charge in [-0.25, -0.2) is 14.8 Å². The van der Waals surface area contributed by atoms with Crippen LogP contribution in [0.5, 0.6) is 5.75 Å². The maximum Gasteiger partial charge on any atom is 0.338 e. The summed E-state index contributed by atoms with van der Waals surface area (Å²) in [6, 6.07) is 15.6. The second-order valence-corrected chi connectivity index (χ2v) is 8.85. The molecule has 1 saturated heterocycles. The molecule has 2 heterocycles. The zero-order valence-corrected chi connectivity index (χ0v) is 20.2. The van der Waals surface area contributed by atoms with Gasteiger partial charge < -0.3 is 14.4 Å². The molecule has 0 amide bonds. The Morgan fingerprint density at radius 2 is 1.68 bits per heavy atom. The second kappa shape index (κ2) is 11.1. The lowest BCUT2D eigenvalue weighted by Crippen LogP contribution is -2.25. The fraction of sp³-hybridized carbons (Fsp3) is 0.393. The van der Waals surface area contributed by atoms with E-state index >= 15 is 0 Å². The van der Waals surface area contributed by atoms with Gasteiger partial charge in [0.15, 0.2) is 0 Å². The third-order valence-electron chi connectivity index (χ3n) is 6.51. The average molecular weight is 460 g/mol. The first kappa shape index (κ1) is 23.7. The van der Waals surface area contributed by atoms with E-state index in [1.165, 1.54) is 5.56 Å². The smallest absolute Gasteiger partial charge is 0.338 e. The number of anilines is 1. The molecular weight excluding hydrogens is 426 g/mol. The zero-order chi connectivity index (χ0) is 23.9. The van der Waals surface area contributed by atoms with E-state index in [1.54, 1.807) is 19.1 Å². The first-order valence-electron chi connectivity index (χ1n) is 12.1. The minimum absolute atomic E-state index is 0.292. The van der Waals surface area contributed by atoms with Crippen molar-refractivity contribution in [3.63, 3.8) is 0 Å². The van der Waals surface area contributed by atoms with Gasteiger partial charge >= 0.3 is 5.97 Å². The van der Waals surface area contributed by atoms with Crippen molar-refractivity contribution < 1.29 is 14.3 Å². The number of rotatable bonds is 9. The third kappa shape index (κ3) is 5.74. The number of carbonyl (C=O) groups excluding carboxylic acids is 1. The average Bonchev–Trinajstić information content (AvgIpc) is 3.38. The molecule has 1 fully saturated rings. The van der Waals surface area contributed by atoms with Gasteiger partial charge in [-0.05, 0) is 72.6 Å². The normalized spacial score (nSPS) is 16.3. The van der Waals surface area contributed by atoms with Crippen LogP contribution in [0.25, 0.3) is 11.1 Å². The maximum atomic E-state index is 11.8. The Hall–Kier alpha value is -3.41. The van der Waals surface area contributed by atoms with Crippen LogP contribution >= 0.6 is 0 Å². The van der Waals surface area contributed by atoms with Crippen molar-refractivity contribution >= 4 is 11.9 Å². The van der Waals surface area contributed by atoms with Crippen LogP contribution in [0.4, 0.5) is 5.95 Å². The van der Waals surface area contributed by atoms with Gasteiger partial charge in [0.1, 0.15) is 5.75 Å². The fourth-order valence-corrected chi connectivity index (χ4v) is 4.25. The Kier molecular flexibility index (Phi) is 7.78. The lowest BCUT2D eigenvalue weighted by atomic mass is 9.94. The van der Waals surface area contributed by atoms with Gasteiger partial charge in [0, 0.05) is 25.5 Å². The number of aromatic nitrogens is 2. The van der Waals surface area contributed by atoms with E-state index in [0.29, 0.717) is 30.6 Å². The Bertz CT molecular complexity index is 1070. The summed E-state index contributed by atoms with van der Waals surface area (Å²) in [6.07, 6.45) is 5.95. The first-order chi connectivity index (χ1) is 16.6. The van der Waals surface area contributed by atoms with E-state index in [1.807, 2.05) is 48.8 Å². The van der Waals surface area contributed by atoms with Gasteiger partial charge in [-0.15, -0.1) is 0 Å². The van der Waals surface area contributed by atoms with E-state index < -0.39 is 0 Å². The Labute approximate surface area is 202 Å². The Balaban J connectivity index is 1.28. The summed E-state index contributed by atoms with van der Waals surface area (Å²) in [5.74, 6) is 2.41. The van der Waals surface area contributed by atoms with Crippen molar-refractivity contribution in [1.82, 2.24) is 9.97 Å². The van der Waals surface area contributed by atoms with Crippen LogP contribution in [0, 0.1) is 11.8 Å². The molecule has 4 rings (SSSR count). The molecule has 0 radical (unpaired) electrons. The highest BCUT2D eigenvalue weighted by atomic mass is 16.5. The van der Waals surface area contributed by atoms with Crippen LogP contribution in [0.15, 0.2) is 60.9 Å². The molecule has 1 aromatic heterocycles. The van der Waals surface area contributed by atoms with Gasteiger partial charge in [0.2, 0.25) is 5.95 Å². The van der Waals surface area contributed by atoms with Gasteiger partial charge in [-0.2, -0.15) is 0 Å². The lowest BCUT2D eigenvalue weighted by Gasteiger charge is -2.21. The van der Waals surface area contributed by atoms with Gasteiger partial charge in [-0.1, -0.05) is 38.1 Å². The molecule has 0 bridgehead atoms. The summed E-state index contributed by atoms with van der Waals surface area (Å²) in [5.41, 5.74) is 3.86. The van der Waals surface area contributed by atoms with Crippen molar-refractivity contribution in [2.24, 2.45) is 11.8 Å². The van der Waals surface area contributed by atoms with Crippen molar-refractivity contribution in [2.45, 2.75) is 33.6 Å². The standard InChI is InChI=1S/C28H33N3O3/c1-4-21-16-29-28(30-17-21)31-15-14-25(18-31)20(3)19-34-26-12-10-23(11-13-26)22-6-8-24(9-7-22)27(32)33-5-2/h6-13,16-17,20,25H,4-5,14-15,18-19H2,1-3H3. The Morgan fingerprint density at radius 3 is 2.29 bits per heavy atom. The van der Waals surface area contributed by atoms with Gasteiger partial charge in [0.05, 0.1) is 18.8 Å². The summed E-state index contributed by atoms with van der Waals surface area (Å²) in [7, 11) is 0. The molecule has 0 N–H and O–H groups in total. The summed E-state index contributed by atoms with van der Waals surface area (Å²) >= 11 is 0. The molecule has 2 unspecified atom stereocenters. The number of hydrogen-bond acceptors (Lipinski definition) is 6. The summed E-state index contributed by atoms with van der Waals surface area (Å²) < 4.78 is 11.2. The van der Waals surface area contributed by atoms with E-state index in [-0.39, 0.29) is 5.97 Å². The van der Waals surface area contributed by atoms with Crippen molar-refractivity contribution in [3.8, 4) is 16.9 Å². The number of benzene rings is 2. The van der Waals surface area contributed by atoms with Crippen LogP contribution < -0.4 is 9.64 Å². The van der Waals surface area contributed by atoms with Crippen LogP contribution in [-0.4, -0.2) is 42.2 Å². The monoisotopic (exact) mass is 459 g/mol. The minimum Gasteiger partial charge on any atom is -0.493 e. The van der Waals surface area contributed by atoms with Crippen LogP contribution in [0.2, 0.25) is 0 Å². The number of ether oxygens (including phenoxy) is 2. The molecule has 0 spiro atoms. The molecule has 0 aliphatic carbocycles. The molecule has 6 heteroatoms. The van der Waals surface area contributed by atoms with Crippen molar-refractivity contribution in [1.29, 1.82) is 0 Å². The number of nitrogens with zero attached hydrogens (tertiary/aromatic N) is 3. The zero-order valence-electron chi connectivity index (χ0n) is 20.2. The first-order valence-corrected chi connectivity index (χ1v) is 12.1.